The summed E-state index contributed by atoms with van der Waals surface area (Å²) in [5, 5.41) is 0. The normalized spacial score (nSPS) is 15.6. The molecule has 0 aliphatic heterocycles. The van der Waals surface area contributed by atoms with Crippen molar-refractivity contribution in [3.8, 4) is 0 Å². The third-order valence-electron chi connectivity index (χ3n) is 3.70. The summed E-state index contributed by atoms with van der Waals surface area (Å²) in [7, 11) is 0. The maximum Gasteiger partial charge on any atom is 0.134 e. The van der Waals surface area contributed by atoms with Gasteiger partial charge in [0, 0.05) is 15.3 Å². The first kappa shape index (κ1) is 12.8. The summed E-state index contributed by atoms with van der Waals surface area (Å²) < 4.78 is 27.9. The van der Waals surface area contributed by atoms with Gasteiger partial charge >= 0.3 is 0 Å². The molecule has 0 saturated heterocycles. The van der Waals surface area contributed by atoms with Crippen molar-refractivity contribution in [1.29, 1.82) is 0 Å². The second-order valence-corrected chi connectivity index (χ2v) is 6.19. The lowest BCUT2D eigenvalue weighted by atomic mass is 10.0. The molecule has 4 heteroatoms. The average molecular weight is 279 g/mol. The van der Waals surface area contributed by atoms with Crippen LogP contribution in [0.15, 0.2) is 18.2 Å². The van der Waals surface area contributed by atoms with Crippen molar-refractivity contribution in [2.75, 3.05) is 0 Å². The monoisotopic (exact) mass is 279 g/mol. The van der Waals surface area contributed by atoms with Crippen molar-refractivity contribution in [2.24, 2.45) is 5.73 Å². The van der Waals surface area contributed by atoms with Crippen molar-refractivity contribution in [2.45, 2.75) is 32.2 Å². The number of thiophene rings is 1. The van der Waals surface area contributed by atoms with Crippen molar-refractivity contribution in [3.63, 3.8) is 0 Å². The molecule has 3 rings (SSSR count). The molecule has 0 bridgehead atoms. The first-order chi connectivity index (χ1) is 9.08. The maximum atomic E-state index is 14.1. The van der Waals surface area contributed by atoms with Crippen LogP contribution in [0.3, 0.4) is 0 Å². The van der Waals surface area contributed by atoms with Crippen molar-refractivity contribution < 1.29 is 8.78 Å². The molecule has 2 N–H and O–H groups in total. The quantitative estimate of drug-likeness (QED) is 0.887. The zero-order chi connectivity index (χ0) is 13.6. The van der Waals surface area contributed by atoms with E-state index in [-0.39, 0.29) is 5.56 Å². The van der Waals surface area contributed by atoms with Crippen LogP contribution in [0.5, 0.6) is 0 Å². The van der Waals surface area contributed by atoms with E-state index >= 15 is 0 Å². The number of hydrogen-bond donors (Lipinski definition) is 1. The number of nitrogens with two attached hydrogens (primary N) is 1. The SMILES string of the molecule is Cc1ccc(F)c(C(N)c2cc3c(s2)CCC3)c1F. The van der Waals surface area contributed by atoms with Gasteiger partial charge in [0.15, 0.2) is 0 Å². The van der Waals surface area contributed by atoms with Gasteiger partial charge in [0.1, 0.15) is 11.6 Å². The van der Waals surface area contributed by atoms with E-state index in [2.05, 4.69) is 0 Å². The van der Waals surface area contributed by atoms with Gasteiger partial charge in [-0.15, -0.1) is 11.3 Å². The molecule has 0 spiro atoms. The molecule has 1 heterocycles. The smallest absolute Gasteiger partial charge is 0.134 e. The number of halogens is 2. The Hall–Kier alpha value is -1.26. The fraction of sp³-hybridized carbons (Fsp3) is 0.333. The van der Waals surface area contributed by atoms with Gasteiger partial charge in [0.2, 0.25) is 0 Å². The molecule has 0 saturated carbocycles. The van der Waals surface area contributed by atoms with Crippen LogP contribution in [0.25, 0.3) is 0 Å². The Morgan fingerprint density at radius 1 is 1.26 bits per heavy atom. The fourth-order valence-electron chi connectivity index (χ4n) is 2.61. The summed E-state index contributed by atoms with van der Waals surface area (Å²) in [5.41, 5.74) is 7.79. The largest absolute Gasteiger partial charge is 0.319 e. The number of hydrogen-bond acceptors (Lipinski definition) is 2. The van der Waals surface area contributed by atoms with Crippen LogP contribution in [0.4, 0.5) is 8.78 Å². The van der Waals surface area contributed by atoms with Crippen LogP contribution < -0.4 is 5.73 Å². The minimum Gasteiger partial charge on any atom is -0.319 e. The van der Waals surface area contributed by atoms with Gasteiger partial charge in [-0.2, -0.15) is 0 Å². The van der Waals surface area contributed by atoms with Gasteiger partial charge in [-0.25, -0.2) is 8.78 Å². The lowest BCUT2D eigenvalue weighted by Gasteiger charge is -2.14. The Balaban J connectivity index is 2.04. The van der Waals surface area contributed by atoms with Crippen LogP contribution in [-0.2, 0) is 12.8 Å². The van der Waals surface area contributed by atoms with Crippen LogP contribution in [-0.4, -0.2) is 0 Å². The summed E-state index contributed by atoms with van der Waals surface area (Å²) in [4.78, 5) is 2.17. The summed E-state index contributed by atoms with van der Waals surface area (Å²) in [6.07, 6.45) is 3.28. The predicted molar refractivity (Wildman–Crippen MR) is 73.5 cm³/mol. The third-order valence-corrected chi connectivity index (χ3v) is 5.02. The van der Waals surface area contributed by atoms with E-state index < -0.39 is 17.7 Å². The summed E-state index contributed by atoms with van der Waals surface area (Å²) >= 11 is 1.59. The first-order valence-corrected chi connectivity index (χ1v) is 7.21. The molecule has 1 aliphatic carbocycles. The molecule has 1 aliphatic rings. The van der Waals surface area contributed by atoms with E-state index in [1.165, 1.54) is 29.0 Å². The topological polar surface area (TPSA) is 26.0 Å². The minimum absolute atomic E-state index is 0.0140. The zero-order valence-electron chi connectivity index (χ0n) is 10.7. The van der Waals surface area contributed by atoms with E-state index in [1.54, 1.807) is 18.3 Å². The highest BCUT2D eigenvalue weighted by atomic mass is 32.1. The molecule has 100 valence electrons. The number of rotatable bonds is 2. The van der Waals surface area contributed by atoms with Gasteiger partial charge in [0.05, 0.1) is 6.04 Å². The standard InChI is InChI=1S/C15H15F2NS/c1-8-5-6-10(16)13(14(8)17)15(18)12-7-9-3-2-4-11(9)19-12/h5-7,15H,2-4,18H2,1H3. The number of aryl methyl sites for hydroxylation is 3. The Morgan fingerprint density at radius 3 is 2.79 bits per heavy atom. The zero-order valence-corrected chi connectivity index (χ0v) is 11.5. The number of fused-ring (bicyclic) bond motifs is 1. The van der Waals surface area contributed by atoms with Crippen LogP contribution >= 0.6 is 11.3 Å². The van der Waals surface area contributed by atoms with E-state index in [9.17, 15) is 8.78 Å². The molecule has 1 aromatic heterocycles. The van der Waals surface area contributed by atoms with Crippen molar-refractivity contribution >= 4 is 11.3 Å². The van der Waals surface area contributed by atoms with Gasteiger partial charge in [-0.3, -0.25) is 0 Å². The molecule has 0 amide bonds. The summed E-state index contributed by atoms with van der Waals surface area (Å²) in [5.74, 6) is -1.09. The molecule has 1 unspecified atom stereocenters. The molecule has 0 radical (unpaired) electrons. The van der Waals surface area contributed by atoms with Gasteiger partial charge in [-0.05, 0) is 49.4 Å². The van der Waals surface area contributed by atoms with Crippen LogP contribution in [0.1, 0.15) is 38.9 Å². The Morgan fingerprint density at radius 2 is 2.05 bits per heavy atom. The summed E-state index contributed by atoms with van der Waals surface area (Å²) in [6, 6.07) is 4.03. The van der Waals surface area contributed by atoms with Gasteiger partial charge in [-0.1, -0.05) is 6.07 Å². The highest BCUT2D eigenvalue weighted by Crippen LogP contribution is 2.36. The highest BCUT2D eigenvalue weighted by molar-refractivity contribution is 7.12. The van der Waals surface area contributed by atoms with E-state index in [0.29, 0.717) is 5.56 Å². The molecule has 1 aromatic carbocycles. The van der Waals surface area contributed by atoms with Crippen LogP contribution in [0.2, 0.25) is 0 Å². The van der Waals surface area contributed by atoms with Crippen LogP contribution in [0, 0.1) is 18.6 Å². The summed E-state index contributed by atoms with van der Waals surface area (Å²) in [6.45, 7) is 1.62. The Bertz CT molecular complexity index is 612. The van der Waals surface area contributed by atoms with Gasteiger partial charge in [0.25, 0.3) is 0 Å². The third kappa shape index (κ3) is 2.09. The molecular formula is C15H15F2NS. The second kappa shape index (κ2) is 4.69. The van der Waals surface area contributed by atoms with E-state index in [0.717, 1.165) is 17.7 Å². The molecule has 19 heavy (non-hydrogen) atoms. The maximum absolute atomic E-state index is 14.1. The lowest BCUT2D eigenvalue weighted by molar-refractivity contribution is 0.539. The van der Waals surface area contributed by atoms with Gasteiger partial charge < -0.3 is 5.73 Å². The lowest BCUT2D eigenvalue weighted by Crippen LogP contribution is -2.15. The van der Waals surface area contributed by atoms with E-state index in [4.69, 9.17) is 5.73 Å². The minimum atomic E-state index is -0.712. The predicted octanol–water partition coefficient (Wildman–Crippen LogP) is 3.87. The first-order valence-electron chi connectivity index (χ1n) is 6.39. The van der Waals surface area contributed by atoms with Crippen molar-refractivity contribution in [3.05, 3.63) is 56.3 Å². The Labute approximate surface area is 115 Å². The Kier molecular flexibility index (Phi) is 3.15. The number of benzene rings is 1. The molecule has 2 aromatic rings. The molecule has 0 fully saturated rings. The van der Waals surface area contributed by atoms with E-state index in [1.807, 2.05) is 6.07 Å². The van der Waals surface area contributed by atoms with Crippen molar-refractivity contribution in [1.82, 2.24) is 0 Å². The second-order valence-electron chi connectivity index (χ2n) is 5.02. The fourth-order valence-corrected chi connectivity index (χ4v) is 3.88. The molecular weight excluding hydrogens is 264 g/mol. The highest BCUT2D eigenvalue weighted by Gasteiger charge is 2.24. The molecule has 1 atom stereocenters. The molecule has 1 nitrogen and oxygen atoms in total. The average Bonchev–Trinajstić information content (AvgIpc) is 2.94.